The highest BCUT2D eigenvalue weighted by Gasteiger charge is 2.03. The van der Waals surface area contributed by atoms with Crippen molar-refractivity contribution in [2.45, 2.75) is 13.5 Å². The Labute approximate surface area is 118 Å². The number of fused-ring (bicyclic) bond motifs is 1. The van der Waals surface area contributed by atoms with Gasteiger partial charge in [-0.2, -0.15) is 0 Å². The number of hydrogen-bond donors (Lipinski definition) is 2. The van der Waals surface area contributed by atoms with Crippen LogP contribution in [0, 0.1) is 6.92 Å². The van der Waals surface area contributed by atoms with E-state index in [4.69, 9.17) is 5.73 Å². The van der Waals surface area contributed by atoms with E-state index in [1.54, 1.807) is 6.20 Å². The summed E-state index contributed by atoms with van der Waals surface area (Å²) in [6, 6.07) is 14.4. The molecule has 1 aromatic heterocycles. The fourth-order valence-electron chi connectivity index (χ4n) is 2.39. The van der Waals surface area contributed by atoms with Crippen molar-refractivity contribution < 1.29 is 0 Å². The Bertz CT molecular complexity index is 750. The maximum absolute atomic E-state index is 5.98. The van der Waals surface area contributed by atoms with Gasteiger partial charge in [-0.3, -0.25) is 4.98 Å². The lowest BCUT2D eigenvalue weighted by Gasteiger charge is -2.11. The van der Waals surface area contributed by atoms with Gasteiger partial charge < -0.3 is 11.1 Å². The molecule has 3 rings (SSSR count). The molecule has 0 fully saturated rings. The average molecular weight is 263 g/mol. The molecule has 0 saturated carbocycles. The summed E-state index contributed by atoms with van der Waals surface area (Å²) in [4.78, 5) is 4.14. The van der Waals surface area contributed by atoms with Crippen molar-refractivity contribution in [3.63, 3.8) is 0 Å². The first-order valence-electron chi connectivity index (χ1n) is 6.65. The Morgan fingerprint density at radius 1 is 1.10 bits per heavy atom. The van der Waals surface area contributed by atoms with E-state index >= 15 is 0 Å². The van der Waals surface area contributed by atoms with Gasteiger partial charge in [0.25, 0.3) is 0 Å². The number of anilines is 2. The summed E-state index contributed by atoms with van der Waals surface area (Å²) in [6.45, 7) is 2.90. The maximum atomic E-state index is 5.98. The van der Waals surface area contributed by atoms with Gasteiger partial charge in [-0.15, -0.1) is 0 Å². The molecule has 100 valence electrons. The van der Waals surface area contributed by atoms with Crippen molar-refractivity contribution in [3.05, 3.63) is 66.0 Å². The first kappa shape index (κ1) is 12.5. The Kier molecular flexibility index (Phi) is 3.25. The number of nitrogen functional groups attached to an aromatic ring is 1. The van der Waals surface area contributed by atoms with Gasteiger partial charge in [0.05, 0.1) is 0 Å². The molecular formula is C17H17N3. The Morgan fingerprint density at radius 2 is 2.00 bits per heavy atom. The Morgan fingerprint density at radius 3 is 2.85 bits per heavy atom. The van der Waals surface area contributed by atoms with E-state index in [0.717, 1.165) is 28.7 Å². The lowest BCUT2D eigenvalue weighted by Crippen LogP contribution is -2.01. The molecule has 0 aliphatic carbocycles. The predicted octanol–water partition coefficient (Wildman–Crippen LogP) is 3.74. The van der Waals surface area contributed by atoms with Crippen LogP contribution in [-0.2, 0) is 6.54 Å². The van der Waals surface area contributed by atoms with Crippen LogP contribution in [0.1, 0.15) is 11.1 Å². The molecule has 20 heavy (non-hydrogen) atoms. The molecule has 0 spiro atoms. The van der Waals surface area contributed by atoms with Crippen molar-refractivity contribution in [1.29, 1.82) is 0 Å². The largest absolute Gasteiger partial charge is 0.398 e. The van der Waals surface area contributed by atoms with Gasteiger partial charge in [-0.1, -0.05) is 29.8 Å². The summed E-state index contributed by atoms with van der Waals surface area (Å²) >= 11 is 0. The number of benzene rings is 2. The molecule has 3 heteroatoms. The normalized spacial score (nSPS) is 10.7. The molecule has 2 aromatic carbocycles. The van der Waals surface area contributed by atoms with E-state index in [2.05, 4.69) is 41.5 Å². The molecule has 0 saturated heterocycles. The number of nitrogens with two attached hydrogens (primary N) is 1. The van der Waals surface area contributed by atoms with Crippen LogP contribution in [0.4, 0.5) is 11.4 Å². The fraction of sp³-hybridized carbons (Fsp3) is 0.118. The van der Waals surface area contributed by atoms with Gasteiger partial charge in [0.2, 0.25) is 0 Å². The number of rotatable bonds is 3. The molecule has 0 bridgehead atoms. The molecule has 3 nitrogen and oxygen atoms in total. The van der Waals surface area contributed by atoms with Crippen LogP contribution in [0.2, 0.25) is 0 Å². The number of hydrogen-bond acceptors (Lipinski definition) is 3. The van der Waals surface area contributed by atoms with Gasteiger partial charge in [0.1, 0.15) is 0 Å². The fourth-order valence-corrected chi connectivity index (χ4v) is 2.39. The van der Waals surface area contributed by atoms with Gasteiger partial charge in [0, 0.05) is 41.1 Å². The highest BCUT2D eigenvalue weighted by Crippen LogP contribution is 2.27. The van der Waals surface area contributed by atoms with Crippen LogP contribution in [0.5, 0.6) is 0 Å². The van der Waals surface area contributed by atoms with Gasteiger partial charge in [-0.05, 0) is 30.7 Å². The highest BCUT2D eigenvalue weighted by molar-refractivity contribution is 6.00. The molecule has 1 heterocycles. The molecule has 0 radical (unpaired) electrons. The number of nitrogens with one attached hydrogen (secondary N) is 1. The quantitative estimate of drug-likeness (QED) is 0.708. The maximum Gasteiger partial charge on any atom is 0.0425 e. The third kappa shape index (κ3) is 2.43. The lowest BCUT2D eigenvalue weighted by atomic mass is 10.1. The van der Waals surface area contributed by atoms with Crippen molar-refractivity contribution in [1.82, 2.24) is 4.98 Å². The van der Waals surface area contributed by atoms with Crippen molar-refractivity contribution in [2.24, 2.45) is 0 Å². The lowest BCUT2D eigenvalue weighted by molar-refractivity contribution is 1.15. The molecule has 0 unspecified atom stereocenters. The second kappa shape index (κ2) is 5.21. The van der Waals surface area contributed by atoms with E-state index in [1.807, 2.05) is 24.4 Å². The minimum Gasteiger partial charge on any atom is -0.398 e. The zero-order valence-corrected chi connectivity index (χ0v) is 11.4. The summed E-state index contributed by atoms with van der Waals surface area (Å²) in [7, 11) is 0. The molecule has 0 aliphatic heterocycles. The van der Waals surface area contributed by atoms with Crippen LogP contribution in [0.25, 0.3) is 10.8 Å². The SMILES string of the molecule is Cc1cccc(CNc2ccc(N)c3cnccc23)c1. The highest BCUT2D eigenvalue weighted by atomic mass is 14.9. The Balaban J connectivity index is 1.90. The van der Waals surface area contributed by atoms with Gasteiger partial charge in [-0.25, -0.2) is 0 Å². The first-order chi connectivity index (χ1) is 9.74. The second-order valence-corrected chi connectivity index (χ2v) is 4.97. The summed E-state index contributed by atoms with van der Waals surface area (Å²) in [5.41, 5.74) is 10.4. The zero-order valence-electron chi connectivity index (χ0n) is 11.4. The van der Waals surface area contributed by atoms with E-state index < -0.39 is 0 Å². The molecule has 3 aromatic rings. The molecular weight excluding hydrogens is 246 g/mol. The predicted molar refractivity (Wildman–Crippen MR) is 84.7 cm³/mol. The summed E-state index contributed by atoms with van der Waals surface area (Å²) in [6.07, 6.45) is 3.60. The first-order valence-corrected chi connectivity index (χ1v) is 6.65. The van der Waals surface area contributed by atoms with Gasteiger partial charge in [0.15, 0.2) is 0 Å². The average Bonchev–Trinajstić information content (AvgIpc) is 2.47. The van der Waals surface area contributed by atoms with Crippen molar-refractivity contribution in [2.75, 3.05) is 11.1 Å². The summed E-state index contributed by atoms with van der Waals surface area (Å²) in [5.74, 6) is 0. The third-order valence-corrected chi connectivity index (χ3v) is 3.42. The van der Waals surface area contributed by atoms with Crippen molar-refractivity contribution >= 4 is 22.1 Å². The number of aromatic nitrogens is 1. The van der Waals surface area contributed by atoms with Crippen LogP contribution >= 0.6 is 0 Å². The smallest absolute Gasteiger partial charge is 0.0425 e. The minimum absolute atomic E-state index is 0.759. The van der Waals surface area contributed by atoms with Crippen LogP contribution in [0.15, 0.2) is 54.9 Å². The number of nitrogens with zero attached hydrogens (tertiary/aromatic N) is 1. The minimum atomic E-state index is 0.759. The second-order valence-electron chi connectivity index (χ2n) is 4.97. The summed E-state index contributed by atoms with van der Waals surface area (Å²) < 4.78 is 0. The van der Waals surface area contributed by atoms with Gasteiger partial charge >= 0.3 is 0 Å². The van der Waals surface area contributed by atoms with E-state index in [1.165, 1.54) is 11.1 Å². The zero-order chi connectivity index (χ0) is 13.9. The molecule has 0 atom stereocenters. The molecule has 3 N–H and O–H groups in total. The van der Waals surface area contributed by atoms with E-state index in [9.17, 15) is 0 Å². The summed E-state index contributed by atoms with van der Waals surface area (Å²) in [5, 5.41) is 5.57. The third-order valence-electron chi connectivity index (χ3n) is 3.42. The molecule has 0 aliphatic rings. The Hall–Kier alpha value is -2.55. The van der Waals surface area contributed by atoms with E-state index in [-0.39, 0.29) is 0 Å². The van der Waals surface area contributed by atoms with E-state index in [0.29, 0.717) is 0 Å². The van der Waals surface area contributed by atoms with Crippen LogP contribution in [0.3, 0.4) is 0 Å². The van der Waals surface area contributed by atoms with Crippen molar-refractivity contribution in [3.8, 4) is 0 Å². The van der Waals surface area contributed by atoms with Crippen LogP contribution < -0.4 is 11.1 Å². The standard InChI is InChI=1S/C17H17N3/c1-12-3-2-4-13(9-12)10-20-17-6-5-16(18)15-11-19-8-7-14(15)17/h2-9,11,20H,10,18H2,1H3. The van der Waals surface area contributed by atoms with Crippen LogP contribution in [-0.4, -0.2) is 4.98 Å². The number of pyridine rings is 1. The molecule has 0 amide bonds. The number of aryl methyl sites for hydroxylation is 1. The monoisotopic (exact) mass is 263 g/mol. The topological polar surface area (TPSA) is 50.9 Å².